The minimum Gasteiger partial charge on any atom is -0.329 e. The van der Waals surface area contributed by atoms with Crippen molar-refractivity contribution in [3.8, 4) is 0 Å². The Balaban J connectivity index is 2.01. The van der Waals surface area contributed by atoms with E-state index in [0.717, 1.165) is 25.9 Å². The van der Waals surface area contributed by atoms with Gasteiger partial charge in [0.25, 0.3) is 0 Å². The van der Waals surface area contributed by atoms with E-state index >= 15 is 0 Å². The fourth-order valence-electron chi connectivity index (χ4n) is 3.25. The molecule has 1 atom stereocenters. The van der Waals surface area contributed by atoms with Gasteiger partial charge in [0.1, 0.15) is 0 Å². The molecule has 1 saturated heterocycles. The predicted molar refractivity (Wildman–Crippen MR) is 83.6 cm³/mol. The second kappa shape index (κ2) is 7.79. The van der Waals surface area contributed by atoms with Crippen LogP contribution in [0.15, 0.2) is 12.3 Å². The standard InChI is InChI=1S/C16H30N4/c1-3-15(4-2)20-11-9-14(18-20)13-19-10-7-5-6-8-16(19)12-17/h9,11,15-16H,3-8,10,12-13,17H2,1-2H3. The van der Waals surface area contributed by atoms with Crippen molar-refractivity contribution in [1.29, 1.82) is 0 Å². The van der Waals surface area contributed by atoms with E-state index in [1.807, 2.05) is 0 Å². The van der Waals surface area contributed by atoms with Crippen LogP contribution in [0.4, 0.5) is 0 Å². The fraction of sp³-hybridized carbons (Fsp3) is 0.812. The molecule has 4 nitrogen and oxygen atoms in total. The SMILES string of the molecule is CCC(CC)n1ccc(CN2CCCCCC2CN)n1. The monoisotopic (exact) mass is 278 g/mol. The summed E-state index contributed by atoms with van der Waals surface area (Å²) in [5.41, 5.74) is 7.14. The number of nitrogens with two attached hydrogens (primary N) is 1. The first-order valence-electron chi connectivity index (χ1n) is 8.26. The van der Waals surface area contributed by atoms with Crippen molar-refractivity contribution >= 4 is 0 Å². The van der Waals surface area contributed by atoms with E-state index in [9.17, 15) is 0 Å². The van der Waals surface area contributed by atoms with E-state index in [0.29, 0.717) is 12.1 Å². The number of likely N-dealkylation sites (tertiary alicyclic amines) is 1. The topological polar surface area (TPSA) is 47.1 Å². The molecule has 0 aliphatic carbocycles. The van der Waals surface area contributed by atoms with Crippen molar-refractivity contribution in [2.45, 2.75) is 71.0 Å². The van der Waals surface area contributed by atoms with Crippen LogP contribution in [0.1, 0.15) is 64.1 Å². The molecule has 0 spiro atoms. The molecule has 114 valence electrons. The van der Waals surface area contributed by atoms with Crippen molar-refractivity contribution in [2.24, 2.45) is 5.73 Å². The Morgan fingerprint density at radius 2 is 2.10 bits per heavy atom. The highest BCUT2D eigenvalue weighted by Gasteiger charge is 2.20. The van der Waals surface area contributed by atoms with E-state index in [1.54, 1.807) is 0 Å². The molecule has 0 radical (unpaired) electrons. The Morgan fingerprint density at radius 1 is 1.30 bits per heavy atom. The Labute approximate surface area is 123 Å². The maximum absolute atomic E-state index is 5.95. The molecular formula is C16H30N4. The highest BCUT2D eigenvalue weighted by molar-refractivity contribution is 5.00. The largest absolute Gasteiger partial charge is 0.329 e. The molecular weight excluding hydrogens is 248 g/mol. The van der Waals surface area contributed by atoms with Crippen LogP contribution in [-0.4, -0.2) is 33.8 Å². The van der Waals surface area contributed by atoms with Crippen LogP contribution in [0, 0.1) is 0 Å². The molecule has 2 rings (SSSR count). The van der Waals surface area contributed by atoms with Crippen LogP contribution in [0.5, 0.6) is 0 Å². The van der Waals surface area contributed by atoms with Crippen LogP contribution in [0.2, 0.25) is 0 Å². The van der Waals surface area contributed by atoms with E-state index in [-0.39, 0.29) is 0 Å². The Hall–Kier alpha value is -0.870. The third-order valence-electron chi connectivity index (χ3n) is 4.62. The molecule has 2 heterocycles. The zero-order chi connectivity index (χ0) is 14.4. The number of nitrogens with zero attached hydrogens (tertiary/aromatic N) is 3. The maximum Gasteiger partial charge on any atom is 0.0765 e. The van der Waals surface area contributed by atoms with Crippen molar-refractivity contribution < 1.29 is 0 Å². The van der Waals surface area contributed by atoms with Crippen molar-refractivity contribution in [3.05, 3.63) is 18.0 Å². The highest BCUT2D eigenvalue weighted by atomic mass is 15.3. The Bertz CT molecular complexity index is 384. The summed E-state index contributed by atoms with van der Waals surface area (Å²) in [6.45, 7) is 7.35. The molecule has 1 aliphatic rings. The zero-order valence-electron chi connectivity index (χ0n) is 13.1. The number of rotatable bonds is 6. The molecule has 1 fully saturated rings. The number of aromatic nitrogens is 2. The molecule has 0 aromatic carbocycles. The van der Waals surface area contributed by atoms with E-state index in [4.69, 9.17) is 10.8 Å². The average Bonchev–Trinajstić information content (AvgIpc) is 2.80. The smallest absolute Gasteiger partial charge is 0.0765 e. The van der Waals surface area contributed by atoms with E-state index in [1.165, 1.54) is 37.9 Å². The summed E-state index contributed by atoms with van der Waals surface area (Å²) in [6, 6.07) is 3.26. The second-order valence-corrected chi connectivity index (χ2v) is 5.97. The minimum atomic E-state index is 0.538. The molecule has 1 aromatic rings. The molecule has 0 amide bonds. The maximum atomic E-state index is 5.95. The summed E-state index contributed by atoms with van der Waals surface area (Å²) in [5, 5.41) is 4.78. The molecule has 0 bridgehead atoms. The van der Waals surface area contributed by atoms with Gasteiger partial charge in [-0.05, 0) is 38.3 Å². The Morgan fingerprint density at radius 3 is 2.80 bits per heavy atom. The van der Waals surface area contributed by atoms with Crippen LogP contribution >= 0.6 is 0 Å². The normalized spacial score (nSPS) is 21.3. The van der Waals surface area contributed by atoms with Crippen molar-refractivity contribution in [3.63, 3.8) is 0 Å². The summed E-state index contributed by atoms with van der Waals surface area (Å²) in [7, 11) is 0. The van der Waals surface area contributed by atoms with E-state index in [2.05, 4.69) is 35.7 Å². The lowest BCUT2D eigenvalue weighted by atomic mass is 10.1. The quantitative estimate of drug-likeness (QED) is 0.870. The molecule has 20 heavy (non-hydrogen) atoms. The van der Waals surface area contributed by atoms with Gasteiger partial charge >= 0.3 is 0 Å². The second-order valence-electron chi connectivity index (χ2n) is 5.97. The summed E-state index contributed by atoms with van der Waals surface area (Å²) in [6.07, 6.45) is 9.63. The van der Waals surface area contributed by atoms with Gasteiger partial charge < -0.3 is 5.73 Å². The van der Waals surface area contributed by atoms with Gasteiger partial charge in [0, 0.05) is 25.3 Å². The fourth-order valence-corrected chi connectivity index (χ4v) is 3.25. The van der Waals surface area contributed by atoms with Gasteiger partial charge in [-0.1, -0.05) is 26.7 Å². The Kier molecular flexibility index (Phi) is 6.05. The van der Waals surface area contributed by atoms with Gasteiger partial charge in [0.05, 0.1) is 11.7 Å². The first-order valence-corrected chi connectivity index (χ1v) is 8.26. The molecule has 2 N–H and O–H groups in total. The van der Waals surface area contributed by atoms with Gasteiger partial charge in [0.15, 0.2) is 0 Å². The molecule has 1 aromatic heterocycles. The number of hydrogen-bond donors (Lipinski definition) is 1. The van der Waals surface area contributed by atoms with Crippen molar-refractivity contribution in [1.82, 2.24) is 14.7 Å². The van der Waals surface area contributed by atoms with Gasteiger partial charge in [0.2, 0.25) is 0 Å². The van der Waals surface area contributed by atoms with Gasteiger partial charge in [-0.15, -0.1) is 0 Å². The average molecular weight is 278 g/mol. The van der Waals surface area contributed by atoms with Crippen LogP contribution in [0.25, 0.3) is 0 Å². The predicted octanol–water partition coefficient (Wildman–Crippen LogP) is 2.95. The van der Waals surface area contributed by atoms with E-state index < -0.39 is 0 Å². The van der Waals surface area contributed by atoms with Crippen LogP contribution < -0.4 is 5.73 Å². The summed E-state index contributed by atoms with van der Waals surface area (Å²) in [4.78, 5) is 2.53. The van der Waals surface area contributed by atoms with Gasteiger partial charge in [-0.2, -0.15) is 5.10 Å². The van der Waals surface area contributed by atoms with Crippen LogP contribution in [-0.2, 0) is 6.54 Å². The minimum absolute atomic E-state index is 0.538. The summed E-state index contributed by atoms with van der Waals surface area (Å²) < 4.78 is 2.14. The lowest BCUT2D eigenvalue weighted by Gasteiger charge is -2.28. The van der Waals surface area contributed by atoms with Gasteiger partial charge in [-0.3, -0.25) is 9.58 Å². The first kappa shape index (κ1) is 15.5. The molecule has 0 saturated carbocycles. The molecule has 1 unspecified atom stereocenters. The third-order valence-corrected chi connectivity index (χ3v) is 4.62. The van der Waals surface area contributed by atoms with Crippen LogP contribution in [0.3, 0.4) is 0 Å². The zero-order valence-corrected chi connectivity index (χ0v) is 13.1. The molecule has 1 aliphatic heterocycles. The molecule has 4 heteroatoms. The lowest BCUT2D eigenvalue weighted by Crippen LogP contribution is -2.39. The van der Waals surface area contributed by atoms with Crippen molar-refractivity contribution in [2.75, 3.05) is 13.1 Å². The highest BCUT2D eigenvalue weighted by Crippen LogP contribution is 2.19. The third kappa shape index (κ3) is 3.83. The lowest BCUT2D eigenvalue weighted by molar-refractivity contribution is 0.192. The first-order chi connectivity index (χ1) is 9.78. The van der Waals surface area contributed by atoms with Gasteiger partial charge in [-0.25, -0.2) is 0 Å². The summed E-state index contributed by atoms with van der Waals surface area (Å²) >= 11 is 0. The summed E-state index contributed by atoms with van der Waals surface area (Å²) in [5.74, 6) is 0. The number of hydrogen-bond acceptors (Lipinski definition) is 3.